The summed E-state index contributed by atoms with van der Waals surface area (Å²) in [4.78, 5) is 15.3. The van der Waals surface area contributed by atoms with Crippen LogP contribution in [0.1, 0.15) is 33.2 Å². The Labute approximate surface area is 182 Å². The summed E-state index contributed by atoms with van der Waals surface area (Å²) < 4.78 is 15.0. The predicted octanol–water partition coefficient (Wildman–Crippen LogP) is 3.86. The first kappa shape index (κ1) is 22.0. The molecule has 2 aromatic carbocycles. The van der Waals surface area contributed by atoms with Crippen molar-refractivity contribution in [3.8, 4) is 5.69 Å². The maximum Gasteiger partial charge on any atom is 0.257 e. The average Bonchev–Trinajstić information content (AvgIpc) is 3.30. The van der Waals surface area contributed by atoms with Gasteiger partial charge in [-0.25, -0.2) is 9.07 Å². The second kappa shape index (κ2) is 8.98. The van der Waals surface area contributed by atoms with Crippen LogP contribution in [0.4, 0.5) is 4.39 Å². The van der Waals surface area contributed by atoms with Crippen LogP contribution in [-0.4, -0.2) is 40.2 Å². The van der Waals surface area contributed by atoms with Gasteiger partial charge >= 0.3 is 0 Å². The molecular formula is C23H26ClFN4O. The van der Waals surface area contributed by atoms with E-state index >= 15 is 0 Å². The topological polar surface area (TPSA) is 64.2 Å². The van der Waals surface area contributed by atoms with Crippen molar-refractivity contribution in [3.63, 3.8) is 0 Å². The normalized spacial score (nSPS) is 18.3. The van der Waals surface area contributed by atoms with Crippen LogP contribution in [-0.2, 0) is 0 Å². The molecular weight excluding hydrogens is 403 g/mol. The van der Waals surface area contributed by atoms with Crippen molar-refractivity contribution in [3.05, 3.63) is 82.9 Å². The molecule has 0 spiro atoms. The van der Waals surface area contributed by atoms with Crippen LogP contribution < -0.4 is 5.73 Å². The molecule has 0 saturated carbocycles. The Hall–Kier alpha value is -2.70. The molecule has 0 unspecified atom stereocenters. The Morgan fingerprint density at radius 2 is 1.77 bits per heavy atom. The van der Waals surface area contributed by atoms with Gasteiger partial charge in [-0.05, 0) is 56.1 Å². The Bertz CT molecular complexity index is 1020. The maximum atomic E-state index is 13.4. The minimum absolute atomic E-state index is 0. The standard InChI is InChI=1S/C23H25FN4O.ClH/c1-15-22(16(2)28(26-15)20-10-8-19(24)9-11-20)23(29)27-13-18(12-25)21(14-27)17-6-4-3-5-7-17;/h3-11,18,21H,12-14,25H2,1-2H3;1H/t18-,21+;/m1./s1. The van der Waals surface area contributed by atoms with Crippen LogP contribution in [0.15, 0.2) is 54.6 Å². The third kappa shape index (κ3) is 3.98. The van der Waals surface area contributed by atoms with Gasteiger partial charge in [0.25, 0.3) is 5.91 Å². The molecule has 158 valence electrons. The number of hydrogen-bond donors (Lipinski definition) is 1. The largest absolute Gasteiger partial charge is 0.338 e. The lowest BCUT2D eigenvalue weighted by Gasteiger charge is -2.17. The Kier molecular flexibility index (Phi) is 6.58. The molecule has 1 fully saturated rings. The zero-order valence-electron chi connectivity index (χ0n) is 17.1. The van der Waals surface area contributed by atoms with Gasteiger partial charge in [0.1, 0.15) is 5.82 Å². The molecule has 1 aromatic heterocycles. The van der Waals surface area contributed by atoms with E-state index in [-0.39, 0.29) is 36.0 Å². The predicted molar refractivity (Wildman–Crippen MR) is 118 cm³/mol. The van der Waals surface area contributed by atoms with Gasteiger partial charge in [-0.2, -0.15) is 5.10 Å². The second-order valence-corrected chi connectivity index (χ2v) is 7.66. The molecule has 2 N–H and O–H groups in total. The van der Waals surface area contributed by atoms with Crippen molar-refractivity contribution in [2.75, 3.05) is 19.6 Å². The van der Waals surface area contributed by atoms with Crippen molar-refractivity contribution in [2.45, 2.75) is 19.8 Å². The summed E-state index contributed by atoms with van der Waals surface area (Å²) >= 11 is 0. The van der Waals surface area contributed by atoms with Gasteiger partial charge in [0.15, 0.2) is 0 Å². The SMILES string of the molecule is Cc1nn(-c2ccc(F)cc2)c(C)c1C(=O)N1C[C@@H](CN)[C@H](c2ccccc2)C1.Cl. The molecule has 7 heteroatoms. The number of carbonyl (C=O) groups excluding carboxylic acids is 1. The van der Waals surface area contributed by atoms with Crippen LogP contribution in [0.2, 0.25) is 0 Å². The van der Waals surface area contributed by atoms with Crippen LogP contribution in [0, 0.1) is 25.6 Å². The monoisotopic (exact) mass is 428 g/mol. The molecule has 1 amide bonds. The number of nitrogens with two attached hydrogens (primary N) is 1. The van der Waals surface area contributed by atoms with Gasteiger partial charge in [-0.15, -0.1) is 12.4 Å². The third-order valence-corrected chi connectivity index (χ3v) is 5.84. The summed E-state index contributed by atoms with van der Waals surface area (Å²) in [6.07, 6.45) is 0. The molecule has 30 heavy (non-hydrogen) atoms. The molecule has 1 aliphatic rings. The number of amides is 1. The van der Waals surface area contributed by atoms with Gasteiger partial charge in [0.2, 0.25) is 0 Å². The first-order valence-electron chi connectivity index (χ1n) is 9.86. The number of aromatic nitrogens is 2. The third-order valence-electron chi connectivity index (χ3n) is 5.84. The van der Waals surface area contributed by atoms with E-state index < -0.39 is 0 Å². The van der Waals surface area contributed by atoms with Gasteiger partial charge in [0, 0.05) is 19.0 Å². The minimum Gasteiger partial charge on any atom is -0.338 e. The van der Waals surface area contributed by atoms with E-state index in [1.807, 2.05) is 36.9 Å². The van der Waals surface area contributed by atoms with Crippen LogP contribution in [0.5, 0.6) is 0 Å². The molecule has 4 rings (SSSR count). The van der Waals surface area contributed by atoms with E-state index in [1.54, 1.807) is 16.8 Å². The van der Waals surface area contributed by atoms with Gasteiger partial charge in [0.05, 0.1) is 22.6 Å². The Balaban J connectivity index is 0.00000256. The van der Waals surface area contributed by atoms with E-state index in [0.29, 0.717) is 30.9 Å². The van der Waals surface area contributed by atoms with E-state index in [4.69, 9.17) is 5.73 Å². The fraction of sp³-hybridized carbons (Fsp3) is 0.304. The average molecular weight is 429 g/mol. The zero-order valence-corrected chi connectivity index (χ0v) is 17.9. The summed E-state index contributed by atoms with van der Waals surface area (Å²) in [6.45, 7) is 5.53. The number of nitrogens with zero attached hydrogens (tertiary/aromatic N) is 3. The number of carbonyl (C=O) groups is 1. The number of benzene rings is 2. The summed E-state index contributed by atoms with van der Waals surface area (Å²) in [7, 11) is 0. The summed E-state index contributed by atoms with van der Waals surface area (Å²) in [5, 5.41) is 4.54. The highest BCUT2D eigenvalue weighted by molar-refractivity contribution is 5.96. The molecule has 0 radical (unpaired) electrons. The highest BCUT2D eigenvalue weighted by Crippen LogP contribution is 2.33. The van der Waals surface area contributed by atoms with E-state index in [2.05, 4.69) is 17.2 Å². The lowest BCUT2D eigenvalue weighted by Crippen LogP contribution is -2.30. The summed E-state index contributed by atoms with van der Waals surface area (Å²) in [5.41, 5.74) is 10.0. The summed E-state index contributed by atoms with van der Waals surface area (Å²) in [6, 6.07) is 16.4. The van der Waals surface area contributed by atoms with Crippen LogP contribution >= 0.6 is 12.4 Å². The quantitative estimate of drug-likeness (QED) is 0.686. The van der Waals surface area contributed by atoms with Gasteiger partial charge < -0.3 is 10.6 Å². The fourth-order valence-electron chi connectivity index (χ4n) is 4.30. The van der Waals surface area contributed by atoms with E-state index in [0.717, 1.165) is 11.4 Å². The maximum absolute atomic E-state index is 13.4. The number of likely N-dealkylation sites (tertiary alicyclic amines) is 1. The second-order valence-electron chi connectivity index (χ2n) is 7.66. The van der Waals surface area contributed by atoms with E-state index in [9.17, 15) is 9.18 Å². The van der Waals surface area contributed by atoms with Crippen molar-refractivity contribution in [1.29, 1.82) is 0 Å². The molecule has 1 aliphatic heterocycles. The van der Waals surface area contributed by atoms with E-state index in [1.165, 1.54) is 17.7 Å². The molecule has 3 aromatic rings. The fourth-order valence-corrected chi connectivity index (χ4v) is 4.30. The highest BCUT2D eigenvalue weighted by atomic mass is 35.5. The number of aryl methyl sites for hydroxylation is 1. The highest BCUT2D eigenvalue weighted by Gasteiger charge is 2.37. The molecule has 0 bridgehead atoms. The molecule has 2 atom stereocenters. The summed E-state index contributed by atoms with van der Waals surface area (Å²) in [5.74, 6) is 0.140. The number of rotatable bonds is 4. The Morgan fingerprint density at radius 1 is 1.10 bits per heavy atom. The smallest absolute Gasteiger partial charge is 0.257 e. The number of hydrogen-bond acceptors (Lipinski definition) is 3. The Morgan fingerprint density at radius 3 is 2.40 bits per heavy atom. The van der Waals surface area contributed by atoms with Crippen molar-refractivity contribution < 1.29 is 9.18 Å². The molecule has 2 heterocycles. The van der Waals surface area contributed by atoms with Crippen LogP contribution in [0.25, 0.3) is 5.69 Å². The van der Waals surface area contributed by atoms with Crippen LogP contribution in [0.3, 0.4) is 0 Å². The molecule has 5 nitrogen and oxygen atoms in total. The van der Waals surface area contributed by atoms with Crippen molar-refractivity contribution >= 4 is 18.3 Å². The molecule has 1 saturated heterocycles. The number of halogens is 2. The lowest BCUT2D eigenvalue weighted by atomic mass is 9.89. The minimum atomic E-state index is -0.302. The van der Waals surface area contributed by atoms with Crippen molar-refractivity contribution in [2.24, 2.45) is 11.7 Å². The first-order chi connectivity index (χ1) is 14.0. The van der Waals surface area contributed by atoms with Gasteiger partial charge in [-0.3, -0.25) is 4.79 Å². The van der Waals surface area contributed by atoms with Gasteiger partial charge in [-0.1, -0.05) is 30.3 Å². The first-order valence-corrected chi connectivity index (χ1v) is 9.86. The lowest BCUT2D eigenvalue weighted by molar-refractivity contribution is 0.0785. The van der Waals surface area contributed by atoms with Crippen molar-refractivity contribution in [1.82, 2.24) is 14.7 Å². The zero-order chi connectivity index (χ0) is 20.5. The molecule has 0 aliphatic carbocycles.